The average molecular weight is 256 g/mol. The van der Waals surface area contributed by atoms with Crippen LogP contribution in [0.4, 0.5) is 0 Å². The van der Waals surface area contributed by atoms with E-state index in [1.54, 1.807) is 0 Å². The van der Waals surface area contributed by atoms with E-state index >= 15 is 0 Å². The quantitative estimate of drug-likeness (QED) is 0.763. The summed E-state index contributed by atoms with van der Waals surface area (Å²) in [6.45, 7) is 11.1. The summed E-state index contributed by atoms with van der Waals surface area (Å²) >= 11 is 2.00. The lowest BCUT2D eigenvalue weighted by Crippen LogP contribution is -2.54. The predicted octanol–water partition coefficient (Wildman–Crippen LogP) is 2.54. The zero-order valence-electron chi connectivity index (χ0n) is 12.1. The maximum Gasteiger partial charge on any atom is 0.0224 e. The molecule has 3 atom stereocenters. The molecule has 0 N–H and O–H groups in total. The van der Waals surface area contributed by atoms with Crippen LogP contribution in [-0.4, -0.2) is 60.1 Å². The van der Waals surface area contributed by atoms with Crippen LogP contribution in [0, 0.1) is 5.41 Å². The average Bonchev–Trinajstić information content (AvgIpc) is 2.52. The van der Waals surface area contributed by atoms with Crippen molar-refractivity contribution >= 4 is 11.8 Å². The van der Waals surface area contributed by atoms with E-state index in [1.807, 2.05) is 11.8 Å². The van der Waals surface area contributed by atoms with Crippen molar-refractivity contribution in [1.82, 2.24) is 9.80 Å². The second-order valence-electron chi connectivity index (χ2n) is 6.61. The first-order valence-electron chi connectivity index (χ1n) is 6.91. The largest absolute Gasteiger partial charge is 0.300 e. The van der Waals surface area contributed by atoms with Crippen molar-refractivity contribution in [3.8, 4) is 0 Å². The van der Waals surface area contributed by atoms with E-state index in [9.17, 15) is 0 Å². The van der Waals surface area contributed by atoms with Crippen molar-refractivity contribution in [2.75, 3.05) is 32.9 Å². The fourth-order valence-electron chi connectivity index (χ4n) is 3.35. The Morgan fingerprint density at radius 3 is 2.24 bits per heavy atom. The molecule has 0 spiro atoms. The summed E-state index contributed by atoms with van der Waals surface area (Å²) in [6, 6.07) is 1.66. The molecule has 2 saturated heterocycles. The number of rotatable bonds is 4. The van der Waals surface area contributed by atoms with E-state index < -0.39 is 0 Å². The van der Waals surface area contributed by atoms with Gasteiger partial charge in [-0.25, -0.2) is 0 Å². The summed E-state index contributed by atoms with van der Waals surface area (Å²) < 4.78 is 0. The minimum Gasteiger partial charge on any atom is -0.300 e. The van der Waals surface area contributed by atoms with Gasteiger partial charge in [0, 0.05) is 37.0 Å². The zero-order valence-corrected chi connectivity index (χ0v) is 12.9. The summed E-state index contributed by atoms with van der Waals surface area (Å²) in [5, 5.41) is 0.736. The van der Waals surface area contributed by atoms with Crippen LogP contribution in [0.5, 0.6) is 0 Å². The van der Waals surface area contributed by atoms with Gasteiger partial charge in [-0.05, 0) is 31.6 Å². The molecular weight excluding hydrogens is 228 g/mol. The lowest BCUT2D eigenvalue weighted by atomic mass is 9.88. The third kappa shape index (κ3) is 2.82. The fourth-order valence-corrected chi connectivity index (χ4v) is 4.07. The van der Waals surface area contributed by atoms with E-state index in [4.69, 9.17) is 0 Å². The van der Waals surface area contributed by atoms with E-state index in [0.29, 0.717) is 5.41 Å². The second-order valence-corrected chi connectivity index (χ2v) is 7.79. The third-order valence-electron chi connectivity index (χ3n) is 5.01. The van der Waals surface area contributed by atoms with Gasteiger partial charge in [-0.1, -0.05) is 20.8 Å². The lowest BCUT2D eigenvalue weighted by Gasteiger charge is -2.43. The molecule has 2 bridgehead atoms. The van der Waals surface area contributed by atoms with Crippen molar-refractivity contribution in [2.45, 2.75) is 50.9 Å². The summed E-state index contributed by atoms with van der Waals surface area (Å²) in [7, 11) is 2.31. The molecule has 2 heterocycles. The Hall–Kier alpha value is 0.270. The highest BCUT2D eigenvalue weighted by Crippen LogP contribution is 2.34. The van der Waals surface area contributed by atoms with Crippen LogP contribution < -0.4 is 0 Å². The van der Waals surface area contributed by atoms with Crippen LogP contribution in [0.1, 0.15) is 33.6 Å². The SMILES string of the molecule is CSC(C)C(C)(C)CN1CC2CCC(C1)N2C. The van der Waals surface area contributed by atoms with E-state index in [2.05, 4.69) is 43.9 Å². The Kier molecular flexibility index (Phi) is 4.11. The Labute approximate surface area is 111 Å². The molecule has 2 fully saturated rings. The molecule has 2 aliphatic rings. The molecule has 3 unspecified atom stereocenters. The summed E-state index contributed by atoms with van der Waals surface area (Å²) in [6.07, 6.45) is 5.06. The minimum atomic E-state index is 0.425. The molecule has 3 heteroatoms. The molecule has 0 aromatic carbocycles. The number of hydrogen-bond acceptors (Lipinski definition) is 3. The maximum atomic E-state index is 2.72. The number of likely N-dealkylation sites (N-methyl/N-ethyl adjacent to an activating group) is 1. The second kappa shape index (κ2) is 5.10. The highest BCUT2D eigenvalue weighted by atomic mass is 32.2. The van der Waals surface area contributed by atoms with Crippen molar-refractivity contribution in [3.05, 3.63) is 0 Å². The molecule has 0 aromatic rings. The first-order valence-corrected chi connectivity index (χ1v) is 8.20. The highest BCUT2D eigenvalue weighted by Gasteiger charge is 2.39. The molecule has 0 aliphatic carbocycles. The third-order valence-corrected chi connectivity index (χ3v) is 6.35. The van der Waals surface area contributed by atoms with Crippen LogP contribution >= 0.6 is 11.8 Å². The highest BCUT2D eigenvalue weighted by molar-refractivity contribution is 7.99. The molecule has 0 amide bonds. The first kappa shape index (κ1) is 13.7. The van der Waals surface area contributed by atoms with Crippen LogP contribution in [0.25, 0.3) is 0 Å². The molecule has 100 valence electrons. The van der Waals surface area contributed by atoms with Crippen LogP contribution in [-0.2, 0) is 0 Å². The molecule has 2 aliphatic heterocycles. The monoisotopic (exact) mass is 256 g/mol. The van der Waals surface area contributed by atoms with Crippen LogP contribution in [0.15, 0.2) is 0 Å². The summed E-state index contributed by atoms with van der Waals surface area (Å²) in [4.78, 5) is 5.33. The summed E-state index contributed by atoms with van der Waals surface area (Å²) in [5.74, 6) is 0. The Morgan fingerprint density at radius 1 is 1.24 bits per heavy atom. The smallest absolute Gasteiger partial charge is 0.0224 e. The van der Waals surface area contributed by atoms with Gasteiger partial charge in [-0.2, -0.15) is 11.8 Å². The van der Waals surface area contributed by atoms with E-state index in [0.717, 1.165) is 17.3 Å². The Balaban J connectivity index is 1.93. The maximum absolute atomic E-state index is 2.72. The number of thioether (sulfide) groups is 1. The topological polar surface area (TPSA) is 6.48 Å². The molecule has 0 radical (unpaired) electrons. The number of fused-ring (bicyclic) bond motifs is 2. The van der Waals surface area contributed by atoms with Crippen molar-refractivity contribution in [2.24, 2.45) is 5.41 Å². The first-order chi connectivity index (χ1) is 7.94. The van der Waals surface area contributed by atoms with Gasteiger partial charge in [0.2, 0.25) is 0 Å². The number of likely N-dealkylation sites (tertiary alicyclic amines) is 1. The molecule has 17 heavy (non-hydrogen) atoms. The van der Waals surface area contributed by atoms with Gasteiger partial charge in [-0.3, -0.25) is 9.80 Å². The predicted molar refractivity (Wildman–Crippen MR) is 77.8 cm³/mol. The molecule has 2 nitrogen and oxygen atoms in total. The van der Waals surface area contributed by atoms with Crippen molar-refractivity contribution in [3.63, 3.8) is 0 Å². The zero-order chi connectivity index (χ0) is 12.6. The van der Waals surface area contributed by atoms with Gasteiger partial charge in [0.05, 0.1) is 0 Å². The standard InChI is InChI=1S/C14H28N2S/c1-11(17-5)14(2,3)10-16-8-12-6-7-13(9-16)15(12)4/h11-13H,6-10H2,1-5H3. The number of nitrogens with zero attached hydrogens (tertiary/aromatic N) is 2. The van der Waals surface area contributed by atoms with Gasteiger partial charge in [0.1, 0.15) is 0 Å². The van der Waals surface area contributed by atoms with Gasteiger partial charge in [0.25, 0.3) is 0 Å². The number of piperazine rings is 1. The van der Waals surface area contributed by atoms with Crippen molar-refractivity contribution in [1.29, 1.82) is 0 Å². The number of hydrogen-bond donors (Lipinski definition) is 0. The Bertz CT molecular complexity index is 253. The molecule has 0 aromatic heterocycles. The molecular formula is C14H28N2S. The normalized spacial score (nSPS) is 33.0. The molecule has 0 saturated carbocycles. The minimum absolute atomic E-state index is 0.425. The van der Waals surface area contributed by atoms with Gasteiger partial charge >= 0.3 is 0 Å². The van der Waals surface area contributed by atoms with Gasteiger partial charge < -0.3 is 0 Å². The van der Waals surface area contributed by atoms with Gasteiger partial charge in [0.15, 0.2) is 0 Å². The van der Waals surface area contributed by atoms with Crippen molar-refractivity contribution < 1.29 is 0 Å². The fraction of sp³-hybridized carbons (Fsp3) is 1.00. The Morgan fingerprint density at radius 2 is 1.76 bits per heavy atom. The lowest BCUT2D eigenvalue weighted by molar-refractivity contribution is 0.0619. The molecule has 2 rings (SSSR count). The van der Waals surface area contributed by atoms with Crippen LogP contribution in [0.2, 0.25) is 0 Å². The van der Waals surface area contributed by atoms with Gasteiger partial charge in [-0.15, -0.1) is 0 Å². The van der Waals surface area contributed by atoms with Crippen LogP contribution in [0.3, 0.4) is 0 Å². The van der Waals surface area contributed by atoms with E-state index in [-0.39, 0.29) is 0 Å². The summed E-state index contributed by atoms with van der Waals surface area (Å²) in [5.41, 5.74) is 0.425. The van der Waals surface area contributed by atoms with E-state index in [1.165, 1.54) is 32.5 Å².